The van der Waals surface area contributed by atoms with Gasteiger partial charge in [-0.2, -0.15) is 0 Å². The van der Waals surface area contributed by atoms with Gasteiger partial charge in [-0.15, -0.1) is 0 Å². The lowest BCUT2D eigenvalue weighted by atomic mass is 10.0. The first-order valence-electron chi connectivity index (χ1n) is 13.7. The fourth-order valence-electron chi connectivity index (χ4n) is 4.60. The Bertz CT molecular complexity index is 1580. The van der Waals surface area contributed by atoms with Crippen molar-refractivity contribution < 1.29 is 18.0 Å². The summed E-state index contributed by atoms with van der Waals surface area (Å²) < 4.78 is 29.9. The van der Waals surface area contributed by atoms with Gasteiger partial charge in [0.2, 0.25) is 11.8 Å². The van der Waals surface area contributed by atoms with Crippen LogP contribution < -0.4 is 9.62 Å². The van der Waals surface area contributed by atoms with Crippen molar-refractivity contribution in [1.29, 1.82) is 0 Å². The SMILES string of the molecule is CCNC(=O)[C@H](Cc1ccccc1)N(Cc1ccccc1)C(=O)CN(c1ccc(Br)cc1)S(=O)(=O)c1ccc(C)cc1. The van der Waals surface area contributed by atoms with Crippen LogP contribution in [0.25, 0.3) is 0 Å². The van der Waals surface area contributed by atoms with E-state index in [-0.39, 0.29) is 23.8 Å². The zero-order valence-corrected chi connectivity index (χ0v) is 26.0. The summed E-state index contributed by atoms with van der Waals surface area (Å²) in [5.74, 6) is -0.799. The van der Waals surface area contributed by atoms with Crippen LogP contribution in [0.15, 0.2) is 119 Å². The fourth-order valence-corrected chi connectivity index (χ4v) is 6.28. The number of likely N-dealkylation sites (N-methyl/N-ethyl adjacent to an activating group) is 1. The predicted molar refractivity (Wildman–Crippen MR) is 169 cm³/mol. The topological polar surface area (TPSA) is 86.8 Å². The lowest BCUT2D eigenvalue weighted by Gasteiger charge is -2.33. The monoisotopic (exact) mass is 647 g/mol. The Labute approximate surface area is 256 Å². The molecule has 4 aromatic rings. The first-order valence-corrected chi connectivity index (χ1v) is 15.9. The predicted octanol–water partition coefficient (Wildman–Crippen LogP) is 5.73. The zero-order chi connectivity index (χ0) is 30.1. The van der Waals surface area contributed by atoms with E-state index in [1.54, 1.807) is 36.4 Å². The summed E-state index contributed by atoms with van der Waals surface area (Å²) in [7, 11) is -4.13. The molecule has 0 aliphatic carbocycles. The molecule has 4 rings (SSSR count). The number of nitrogens with zero attached hydrogens (tertiary/aromatic N) is 2. The number of aryl methyl sites for hydroxylation is 1. The summed E-state index contributed by atoms with van der Waals surface area (Å²) in [4.78, 5) is 29.3. The first-order chi connectivity index (χ1) is 20.2. The van der Waals surface area contributed by atoms with E-state index in [9.17, 15) is 18.0 Å². The average molecular weight is 649 g/mol. The maximum Gasteiger partial charge on any atom is 0.264 e. The van der Waals surface area contributed by atoms with Gasteiger partial charge >= 0.3 is 0 Å². The molecule has 1 N–H and O–H groups in total. The lowest BCUT2D eigenvalue weighted by molar-refractivity contribution is -0.140. The molecule has 0 aromatic heterocycles. The van der Waals surface area contributed by atoms with Gasteiger partial charge in [0, 0.05) is 24.0 Å². The number of carbonyl (C=O) groups excluding carboxylic acids is 2. The average Bonchev–Trinajstić information content (AvgIpc) is 2.99. The molecule has 9 heteroatoms. The van der Waals surface area contributed by atoms with Gasteiger partial charge in [-0.25, -0.2) is 8.42 Å². The van der Waals surface area contributed by atoms with Gasteiger partial charge in [0.1, 0.15) is 12.6 Å². The van der Waals surface area contributed by atoms with Gasteiger partial charge in [-0.3, -0.25) is 13.9 Å². The fraction of sp³-hybridized carbons (Fsp3) is 0.212. The van der Waals surface area contributed by atoms with Crippen LogP contribution in [-0.4, -0.2) is 44.3 Å². The minimum absolute atomic E-state index is 0.0722. The Balaban J connectivity index is 1.77. The number of rotatable bonds is 12. The largest absolute Gasteiger partial charge is 0.355 e. The highest BCUT2D eigenvalue weighted by atomic mass is 79.9. The van der Waals surface area contributed by atoms with E-state index < -0.39 is 28.5 Å². The van der Waals surface area contributed by atoms with Gasteiger partial charge < -0.3 is 10.2 Å². The summed E-state index contributed by atoms with van der Waals surface area (Å²) in [5, 5.41) is 2.87. The molecule has 0 bridgehead atoms. The number of hydrogen-bond donors (Lipinski definition) is 1. The Morgan fingerprint density at radius 2 is 1.38 bits per heavy atom. The molecule has 218 valence electrons. The normalized spacial score (nSPS) is 11.9. The molecule has 1 atom stereocenters. The molecule has 0 saturated heterocycles. The van der Waals surface area contributed by atoms with Crippen molar-refractivity contribution in [1.82, 2.24) is 10.2 Å². The molecule has 7 nitrogen and oxygen atoms in total. The van der Waals surface area contributed by atoms with E-state index in [0.29, 0.717) is 12.2 Å². The van der Waals surface area contributed by atoms with Gasteiger partial charge in [-0.1, -0.05) is 94.3 Å². The minimum atomic E-state index is -4.13. The number of nitrogens with one attached hydrogen (secondary N) is 1. The number of halogens is 1. The Kier molecular flexibility index (Phi) is 10.5. The minimum Gasteiger partial charge on any atom is -0.355 e. The molecule has 0 aliphatic rings. The highest BCUT2D eigenvalue weighted by Gasteiger charge is 2.34. The number of sulfonamides is 1. The smallest absolute Gasteiger partial charge is 0.264 e. The maximum atomic E-state index is 14.3. The van der Waals surface area contributed by atoms with Crippen molar-refractivity contribution in [3.05, 3.63) is 130 Å². The summed E-state index contributed by atoms with van der Waals surface area (Å²) >= 11 is 3.40. The summed E-state index contributed by atoms with van der Waals surface area (Å²) in [6.45, 7) is 3.74. The second-order valence-electron chi connectivity index (χ2n) is 9.91. The third kappa shape index (κ3) is 7.86. The third-order valence-electron chi connectivity index (χ3n) is 6.82. The van der Waals surface area contributed by atoms with Crippen molar-refractivity contribution in [3.8, 4) is 0 Å². The molecule has 0 radical (unpaired) electrons. The van der Waals surface area contributed by atoms with Crippen LogP contribution in [0.5, 0.6) is 0 Å². The number of hydrogen-bond acceptors (Lipinski definition) is 4. The van der Waals surface area contributed by atoms with Crippen molar-refractivity contribution >= 4 is 43.5 Å². The van der Waals surface area contributed by atoms with E-state index >= 15 is 0 Å². The van der Waals surface area contributed by atoms with Crippen LogP contribution >= 0.6 is 15.9 Å². The van der Waals surface area contributed by atoms with Crippen LogP contribution in [0.1, 0.15) is 23.6 Å². The van der Waals surface area contributed by atoms with E-state index in [1.165, 1.54) is 17.0 Å². The van der Waals surface area contributed by atoms with Crippen LogP contribution in [0.4, 0.5) is 5.69 Å². The number of amides is 2. The molecule has 2 amide bonds. The molecule has 0 fully saturated rings. The third-order valence-corrected chi connectivity index (χ3v) is 9.14. The second-order valence-corrected chi connectivity index (χ2v) is 12.7. The van der Waals surface area contributed by atoms with E-state index in [4.69, 9.17) is 0 Å². The standard InChI is InChI=1S/C33H34BrN3O4S/c1-3-35-33(39)31(22-26-10-6-4-7-11-26)36(23-27-12-8-5-9-13-27)32(38)24-37(29-18-16-28(34)17-19-29)42(40,41)30-20-14-25(2)15-21-30/h4-21,31H,3,22-24H2,1-2H3,(H,35,39)/t31-/m0/s1. The summed E-state index contributed by atoms with van der Waals surface area (Å²) in [6, 6.07) is 31.3. The van der Waals surface area contributed by atoms with Gasteiger partial charge in [0.15, 0.2) is 0 Å². The molecule has 0 aliphatic heterocycles. The molecular weight excluding hydrogens is 614 g/mol. The Morgan fingerprint density at radius 1 is 0.810 bits per heavy atom. The highest BCUT2D eigenvalue weighted by molar-refractivity contribution is 9.10. The molecule has 0 unspecified atom stereocenters. The quantitative estimate of drug-likeness (QED) is 0.213. The van der Waals surface area contributed by atoms with E-state index in [2.05, 4.69) is 21.2 Å². The molecule has 0 saturated carbocycles. The summed E-state index contributed by atoms with van der Waals surface area (Å²) in [6.07, 6.45) is 0.272. The van der Waals surface area contributed by atoms with Gasteiger partial charge in [-0.05, 0) is 61.4 Å². The van der Waals surface area contributed by atoms with Crippen LogP contribution in [0.3, 0.4) is 0 Å². The lowest BCUT2D eigenvalue weighted by Crippen LogP contribution is -2.53. The highest BCUT2D eigenvalue weighted by Crippen LogP contribution is 2.26. The number of carbonyl (C=O) groups is 2. The Morgan fingerprint density at radius 3 is 1.95 bits per heavy atom. The van der Waals surface area contributed by atoms with Crippen LogP contribution in [0, 0.1) is 6.92 Å². The van der Waals surface area contributed by atoms with Crippen molar-refractivity contribution in [2.75, 3.05) is 17.4 Å². The number of benzene rings is 4. The molecule has 0 spiro atoms. The Hall–Kier alpha value is -3.95. The number of anilines is 1. The van der Waals surface area contributed by atoms with Crippen molar-refractivity contribution in [2.45, 2.75) is 37.8 Å². The molecule has 4 aromatic carbocycles. The second kappa shape index (κ2) is 14.3. The first kappa shape index (κ1) is 31.0. The van der Waals surface area contributed by atoms with Crippen molar-refractivity contribution in [2.24, 2.45) is 0 Å². The zero-order valence-electron chi connectivity index (χ0n) is 23.6. The molecule has 42 heavy (non-hydrogen) atoms. The molecule has 0 heterocycles. The van der Waals surface area contributed by atoms with Crippen LogP contribution in [-0.2, 0) is 32.6 Å². The molecular formula is C33H34BrN3O4S. The summed E-state index contributed by atoms with van der Waals surface area (Å²) in [5.41, 5.74) is 2.96. The van der Waals surface area contributed by atoms with E-state index in [0.717, 1.165) is 25.5 Å². The van der Waals surface area contributed by atoms with Gasteiger partial charge in [0.05, 0.1) is 10.6 Å². The van der Waals surface area contributed by atoms with Crippen LogP contribution in [0.2, 0.25) is 0 Å². The van der Waals surface area contributed by atoms with E-state index in [1.807, 2.05) is 74.5 Å². The van der Waals surface area contributed by atoms with Gasteiger partial charge in [0.25, 0.3) is 10.0 Å². The maximum absolute atomic E-state index is 14.3. The van der Waals surface area contributed by atoms with Crippen molar-refractivity contribution in [3.63, 3.8) is 0 Å².